The molecule has 10 nitrogen and oxygen atoms in total. The first-order valence-electron chi connectivity index (χ1n) is 13.8. The highest BCUT2D eigenvalue weighted by Gasteiger charge is 2.37. The molecule has 1 aliphatic heterocycles. The molecule has 1 fully saturated rings. The summed E-state index contributed by atoms with van der Waals surface area (Å²) in [6.07, 6.45) is 6.38. The molecule has 1 aromatic carbocycles. The summed E-state index contributed by atoms with van der Waals surface area (Å²) in [6.45, 7) is 7.43. The van der Waals surface area contributed by atoms with Crippen LogP contribution in [0.4, 0.5) is 14.6 Å². The maximum atomic E-state index is 15.0. The minimum Gasteiger partial charge on any atom is -0.391 e. The van der Waals surface area contributed by atoms with E-state index in [1.165, 1.54) is 36.8 Å². The molecule has 0 saturated carbocycles. The van der Waals surface area contributed by atoms with Crippen molar-refractivity contribution in [2.75, 3.05) is 18.1 Å². The van der Waals surface area contributed by atoms with Gasteiger partial charge in [0.15, 0.2) is 0 Å². The second-order valence-corrected chi connectivity index (χ2v) is 17.2. The van der Waals surface area contributed by atoms with Gasteiger partial charge in [0.2, 0.25) is 5.91 Å². The van der Waals surface area contributed by atoms with E-state index in [-0.39, 0.29) is 36.8 Å². The SMILES string of the molecule is C[Si-](C)(C)CCOCn1nc(-c2ccnnc2)c(CO)c1N1CCC(Cc2cc(F)c(-c3ccnnc3)c(F)c2)C1=O. The molecule has 1 unspecified atom stereocenters. The van der Waals surface area contributed by atoms with Crippen molar-refractivity contribution in [1.82, 2.24) is 30.2 Å². The van der Waals surface area contributed by atoms with Gasteiger partial charge in [-0.25, -0.2) is 13.5 Å². The number of aliphatic hydroxyl groups excluding tert-OH is 1. The number of aliphatic hydroxyl groups is 1. The molecule has 221 valence electrons. The van der Waals surface area contributed by atoms with Crippen molar-refractivity contribution >= 4 is 19.8 Å². The second kappa shape index (κ2) is 12.5. The topological polar surface area (TPSA) is 119 Å². The van der Waals surface area contributed by atoms with Crippen molar-refractivity contribution in [2.45, 2.75) is 51.9 Å². The van der Waals surface area contributed by atoms with Crippen LogP contribution in [0.3, 0.4) is 0 Å². The van der Waals surface area contributed by atoms with Gasteiger partial charge in [-0.2, -0.15) is 45.1 Å². The Balaban J connectivity index is 1.41. The molecule has 42 heavy (non-hydrogen) atoms. The fourth-order valence-corrected chi connectivity index (χ4v) is 5.86. The van der Waals surface area contributed by atoms with Gasteiger partial charge in [-0.1, -0.05) is 0 Å². The summed E-state index contributed by atoms with van der Waals surface area (Å²) in [5, 5.41) is 30.2. The zero-order chi connectivity index (χ0) is 29.9. The quantitative estimate of drug-likeness (QED) is 0.200. The Morgan fingerprint density at radius 1 is 1.02 bits per heavy atom. The van der Waals surface area contributed by atoms with Crippen LogP contribution in [-0.4, -0.2) is 62.4 Å². The van der Waals surface area contributed by atoms with Crippen LogP contribution < -0.4 is 4.90 Å². The number of hydrogen-bond donors (Lipinski definition) is 1. The van der Waals surface area contributed by atoms with Gasteiger partial charge in [0.05, 0.1) is 37.0 Å². The van der Waals surface area contributed by atoms with Crippen molar-refractivity contribution in [3.05, 3.63) is 71.8 Å². The molecule has 13 heteroatoms. The summed E-state index contributed by atoms with van der Waals surface area (Å²) in [5.41, 5.74) is 2.08. The number of ether oxygens (including phenoxy) is 1. The van der Waals surface area contributed by atoms with Crippen molar-refractivity contribution in [3.8, 4) is 22.4 Å². The van der Waals surface area contributed by atoms with Gasteiger partial charge in [0.25, 0.3) is 0 Å². The van der Waals surface area contributed by atoms with E-state index in [0.717, 1.165) is 6.04 Å². The molecular weight excluding hydrogens is 560 g/mol. The van der Waals surface area contributed by atoms with Gasteiger partial charge in [0.1, 0.15) is 29.9 Å². The minimum atomic E-state index is -1.32. The fourth-order valence-electron chi connectivity index (χ4n) is 5.10. The largest absolute Gasteiger partial charge is 0.391 e. The number of hydrogen-bond acceptors (Lipinski definition) is 8. The monoisotopic (exact) mass is 593 g/mol. The normalized spacial score (nSPS) is 15.5. The summed E-state index contributed by atoms with van der Waals surface area (Å²) in [4.78, 5) is 15.3. The van der Waals surface area contributed by atoms with Crippen LogP contribution in [-0.2, 0) is 29.3 Å². The summed E-state index contributed by atoms with van der Waals surface area (Å²) in [6, 6.07) is 6.71. The Bertz CT molecular complexity index is 1530. The van der Waals surface area contributed by atoms with Gasteiger partial charge in [-0.15, -0.1) is 14.1 Å². The van der Waals surface area contributed by atoms with Crippen molar-refractivity contribution in [3.63, 3.8) is 0 Å². The molecule has 0 spiro atoms. The zero-order valence-corrected chi connectivity index (χ0v) is 24.8. The van der Waals surface area contributed by atoms with Crippen molar-refractivity contribution < 1.29 is 23.4 Å². The van der Waals surface area contributed by atoms with Crippen LogP contribution in [0.15, 0.2) is 49.1 Å². The predicted octanol–water partition coefficient (Wildman–Crippen LogP) is 4.48. The molecule has 0 aliphatic carbocycles. The third kappa shape index (κ3) is 6.42. The second-order valence-electron chi connectivity index (χ2n) is 11.5. The molecule has 4 heterocycles. The van der Waals surface area contributed by atoms with Gasteiger partial charge in [-0.05, 0) is 42.7 Å². The summed E-state index contributed by atoms with van der Waals surface area (Å²) < 4.78 is 37.6. The molecule has 0 bridgehead atoms. The van der Waals surface area contributed by atoms with Crippen LogP contribution in [0.1, 0.15) is 17.5 Å². The first-order valence-corrected chi connectivity index (χ1v) is 17.5. The predicted molar refractivity (Wildman–Crippen MR) is 155 cm³/mol. The van der Waals surface area contributed by atoms with Gasteiger partial charge in [-0.3, -0.25) is 9.69 Å². The van der Waals surface area contributed by atoms with Crippen LogP contribution >= 0.6 is 0 Å². The first-order chi connectivity index (χ1) is 20.2. The molecule has 3 aromatic heterocycles. The Labute approximate surface area is 243 Å². The number of nitrogens with zero attached hydrogens (tertiary/aromatic N) is 7. The number of benzene rings is 1. The van der Waals surface area contributed by atoms with E-state index in [1.54, 1.807) is 21.8 Å². The molecule has 4 aromatic rings. The lowest BCUT2D eigenvalue weighted by Crippen LogP contribution is -2.31. The number of rotatable bonds is 11. The van der Waals surface area contributed by atoms with E-state index < -0.39 is 25.6 Å². The van der Waals surface area contributed by atoms with Crippen molar-refractivity contribution in [2.24, 2.45) is 5.92 Å². The van der Waals surface area contributed by atoms with Crippen molar-refractivity contribution in [1.29, 1.82) is 0 Å². The third-order valence-electron chi connectivity index (χ3n) is 7.28. The molecule has 5 rings (SSSR count). The molecule has 1 atom stereocenters. The first kappa shape index (κ1) is 29.5. The van der Waals surface area contributed by atoms with E-state index in [1.807, 2.05) is 0 Å². The summed E-state index contributed by atoms with van der Waals surface area (Å²) in [7, 11) is -1.32. The Hall–Kier alpha value is -3.94. The highest BCUT2D eigenvalue weighted by atomic mass is 28.3. The van der Waals surface area contributed by atoms with E-state index in [0.29, 0.717) is 47.8 Å². The fraction of sp³-hybridized carbons (Fsp3) is 0.379. The average molecular weight is 594 g/mol. The maximum Gasteiger partial charge on any atom is 0.231 e. The lowest BCUT2D eigenvalue weighted by Gasteiger charge is -2.27. The maximum absolute atomic E-state index is 15.0. The standard InChI is InChI=1S/C29H33F2N7O3Si/c1-42(2,3)11-10-41-18-38-28(23(17-39)27(36-38)22-5-8-33-35-16-22)37-9-6-20(29(37)40)12-19-13-24(30)26(25(31)14-19)21-4-7-32-34-15-21/h4-5,7-8,13-16,20,39H,6,9-12,17-18H2,1-3H3/q-1. The van der Waals surface area contributed by atoms with Crippen LogP contribution in [0.2, 0.25) is 25.7 Å². The molecule has 1 N–H and O–H groups in total. The minimum absolute atomic E-state index is 0.0987. The third-order valence-corrected chi connectivity index (χ3v) is 8.98. The number of anilines is 1. The number of aromatic nitrogens is 6. The number of carbonyl (C=O) groups excluding carboxylic acids is 1. The van der Waals surface area contributed by atoms with E-state index in [9.17, 15) is 9.90 Å². The summed E-state index contributed by atoms with van der Waals surface area (Å²) in [5.74, 6) is -1.73. The Morgan fingerprint density at radius 2 is 1.69 bits per heavy atom. The Kier molecular flexibility index (Phi) is 8.80. The molecular formula is C29H33F2N7O3Si-. The van der Waals surface area contributed by atoms with Crippen LogP contribution in [0.25, 0.3) is 22.4 Å². The van der Waals surface area contributed by atoms with E-state index in [2.05, 4.69) is 40.0 Å². The highest BCUT2D eigenvalue weighted by Crippen LogP contribution is 2.36. The highest BCUT2D eigenvalue weighted by molar-refractivity contribution is 6.76. The number of amides is 1. The Morgan fingerprint density at radius 3 is 2.29 bits per heavy atom. The smallest absolute Gasteiger partial charge is 0.231 e. The number of carbonyl (C=O) groups is 1. The zero-order valence-electron chi connectivity index (χ0n) is 23.8. The van der Waals surface area contributed by atoms with Gasteiger partial charge >= 0.3 is 0 Å². The molecule has 0 radical (unpaired) electrons. The molecule has 1 saturated heterocycles. The molecule has 1 aliphatic rings. The number of halogens is 2. The lowest BCUT2D eigenvalue weighted by molar-refractivity contribution is -0.120. The van der Waals surface area contributed by atoms with Crippen LogP contribution in [0, 0.1) is 17.6 Å². The van der Waals surface area contributed by atoms with Crippen LogP contribution in [0.5, 0.6) is 0 Å². The van der Waals surface area contributed by atoms with Gasteiger partial charge in [0, 0.05) is 35.8 Å². The molecule has 1 amide bonds. The van der Waals surface area contributed by atoms with Gasteiger partial charge < -0.3 is 9.84 Å². The lowest BCUT2D eigenvalue weighted by atomic mass is 9.95. The summed E-state index contributed by atoms with van der Waals surface area (Å²) >= 11 is 0. The van der Waals surface area contributed by atoms with E-state index >= 15 is 8.78 Å². The van der Waals surface area contributed by atoms with E-state index in [4.69, 9.17) is 9.84 Å². The average Bonchev–Trinajstić information content (AvgIpc) is 3.50.